The monoisotopic (exact) mass is 457 g/mol. The molecule has 7 nitrogen and oxygen atoms in total. The molecule has 1 unspecified atom stereocenters. The van der Waals surface area contributed by atoms with Crippen LogP contribution in [0, 0.1) is 5.92 Å². The maximum absolute atomic E-state index is 12.8. The second kappa shape index (κ2) is 8.86. The Morgan fingerprint density at radius 2 is 1.97 bits per heavy atom. The molecule has 172 valence electrons. The quantitative estimate of drug-likeness (QED) is 0.642. The van der Waals surface area contributed by atoms with Crippen LogP contribution >= 0.6 is 0 Å². The molecule has 2 aliphatic rings. The number of benzene rings is 2. The van der Waals surface area contributed by atoms with Crippen molar-refractivity contribution < 1.29 is 28.9 Å². The first-order valence-electron chi connectivity index (χ1n) is 11.0. The lowest BCUT2D eigenvalue weighted by atomic mass is 9.86. The Morgan fingerprint density at radius 3 is 2.66 bits per heavy atom. The Bertz CT molecular complexity index is 991. The van der Waals surface area contributed by atoms with E-state index in [-0.39, 0.29) is 42.8 Å². The summed E-state index contributed by atoms with van der Waals surface area (Å²) in [5, 5.41) is 9.60. The number of ether oxygens (including phenoxy) is 3. The minimum atomic E-state index is -2.59. The van der Waals surface area contributed by atoms with Crippen molar-refractivity contribution in [2.75, 3.05) is 25.2 Å². The van der Waals surface area contributed by atoms with Gasteiger partial charge in [0.25, 0.3) is 5.91 Å². The molecular weight excluding hydrogens is 426 g/mol. The van der Waals surface area contributed by atoms with Crippen molar-refractivity contribution in [1.29, 1.82) is 0 Å². The van der Waals surface area contributed by atoms with Crippen LogP contribution in [0.15, 0.2) is 42.5 Å². The molecule has 0 radical (unpaired) electrons. The van der Waals surface area contributed by atoms with Gasteiger partial charge in [0.1, 0.15) is 17.6 Å². The highest BCUT2D eigenvalue weighted by Crippen LogP contribution is 2.48. The number of para-hydroxylation sites is 2. The first kappa shape index (κ1) is 22.8. The van der Waals surface area contributed by atoms with Crippen molar-refractivity contribution in [3.8, 4) is 11.5 Å². The zero-order chi connectivity index (χ0) is 23.0. The molecular formula is C24H31NO6Si. The number of aliphatic hydroxyl groups excluding tert-OH is 1. The molecule has 0 spiro atoms. The Hall–Kier alpha value is -2.39. The first-order chi connectivity index (χ1) is 15.3. The van der Waals surface area contributed by atoms with Gasteiger partial charge in [-0.3, -0.25) is 9.69 Å². The highest BCUT2D eigenvalue weighted by atomic mass is 28.4. The van der Waals surface area contributed by atoms with E-state index < -0.39 is 8.32 Å². The number of hydrogen-bond acceptors (Lipinski definition) is 6. The topological polar surface area (TPSA) is 88.5 Å². The molecule has 2 aliphatic heterocycles. The molecule has 32 heavy (non-hydrogen) atoms. The second-order valence-corrected chi connectivity index (χ2v) is 13.1. The molecule has 0 saturated heterocycles. The lowest BCUT2D eigenvalue weighted by Gasteiger charge is -2.44. The summed E-state index contributed by atoms with van der Waals surface area (Å²) in [4.78, 5) is 25.3. The van der Waals surface area contributed by atoms with Gasteiger partial charge in [-0.2, -0.15) is 0 Å². The molecule has 1 amide bonds. The van der Waals surface area contributed by atoms with Crippen LogP contribution in [-0.2, 0) is 9.53 Å². The number of aliphatic hydroxyl groups is 1. The number of anilines is 2. The van der Waals surface area contributed by atoms with Crippen molar-refractivity contribution in [3.05, 3.63) is 48.0 Å². The van der Waals surface area contributed by atoms with Gasteiger partial charge in [-0.05, 0) is 49.8 Å². The predicted octanol–water partition coefficient (Wildman–Crippen LogP) is 3.78. The molecule has 2 N–H and O–H groups in total. The van der Waals surface area contributed by atoms with E-state index >= 15 is 0 Å². The van der Waals surface area contributed by atoms with E-state index in [0.29, 0.717) is 23.6 Å². The average molecular weight is 458 g/mol. The number of hydrogen-bond donors (Lipinski definition) is 2. The Morgan fingerprint density at radius 1 is 1.22 bits per heavy atom. The van der Waals surface area contributed by atoms with Crippen LogP contribution in [0.3, 0.4) is 0 Å². The van der Waals surface area contributed by atoms with Crippen LogP contribution in [0.2, 0.25) is 18.6 Å². The molecule has 2 aromatic carbocycles. The normalized spacial score (nSPS) is 23.6. The van der Waals surface area contributed by atoms with Crippen molar-refractivity contribution in [2.24, 2.45) is 5.92 Å². The standard InChI is InChI=1S/C24H31NO6Si/c1-15-23(29-2)17-13-16(25-18-7-5-6-8-20(18)30-14-22(25)27)9-10-19(17)31-24(15)21(11-12-26)32(3,4)28/h5-10,13,15,21,23-24,26,28H,11-12,14H2,1-4H3/t15-,21?,23-,24-/m0/s1. The average Bonchev–Trinajstić information content (AvgIpc) is 2.76. The molecule has 0 saturated carbocycles. The van der Waals surface area contributed by atoms with E-state index in [0.717, 1.165) is 11.3 Å². The molecule has 2 aromatic rings. The fourth-order valence-electron chi connectivity index (χ4n) is 4.95. The number of fused-ring (bicyclic) bond motifs is 2. The summed E-state index contributed by atoms with van der Waals surface area (Å²) in [6.07, 6.45) is -0.0660. The fourth-order valence-corrected chi connectivity index (χ4v) is 6.96. The molecule has 8 heteroatoms. The third kappa shape index (κ3) is 4.03. The van der Waals surface area contributed by atoms with Crippen LogP contribution in [0.1, 0.15) is 25.0 Å². The first-order valence-corrected chi connectivity index (χ1v) is 14.0. The minimum Gasteiger partial charge on any atom is -0.490 e. The zero-order valence-corrected chi connectivity index (χ0v) is 19.9. The Balaban J connectivity index is 1.73. The van der Waals surface area contributed by atoms with Crippen LogP contribution in [0.4, 0.5) is 11.4 Å². The van der Waals surface area contributed by atoms with E-state index in [1.807, 2.05) is 62.5 Å². The summed E-state index contributed by atoms with van der Waals surface area (Å²) >= 11 is 0. The second-order valence-electron chi connectivity index (χ2n) is 9.08. The molecule has 4 rings (SSSR count). The number of carbonyl (C=O) groups excluding carboxylic acids is 1. The number of nitrogens with zero attached hydrogens (tertiary/aromatic N) is 1. The van der Waals surface area contributed by atoms with E-state index in [1.165, 1.54) is 0 Å². The van der Waals surface area contributed by atoms with Gasteiger partial charge in [-0.25, -0.2) is 0 Å². The number of amides is 1. The van der Waals surface area contributed by atoms with Gasteiger partial charge in [-0.15, -0.1) is 0 Å². The van der Waals surface area contributed by atoms with Gasteiger partial charge >= 0.3 is 0 Å². The summed E-state index contributed by atoms with van der Waals surface area (Å²) in [6, 6.07) is 13.1. The van der Waals surface area contributed by atoms with Gasteiger partial charge in [0.05, 0.1) is 11.8 Å². The van der Waals surface area contributed by atoms with Gasteiger partial charge in [0.2, 0.25) is 0 Å². The summed E-state index contributed by atoms with van der Waals surface area (Å²) in [5.41, 5.74) is 2.16. The van der Waals surface area contributed by atoms with Gasteiger partial charge in [-0.1, -0.05) is 19.1 Å². The Labute approximate surface area is 189 Å². The van der Waals surface area contributed by atoms with Crippen molar-refractivity contribution in [3.63, 3.8) is 0 Å². The Kier molecular flexibility index (Phi) is 6.31. The van der Waals surface area contributed by atoms with Gasteiger partial charge in [0.15, 0.2) is 14.9 Å². The summed E-state index contributed by atoms with van der Waals surface area (Å²) in [7, 11) is -0.930. The summed E-state index contributed by atoms with van der Waals surface area (Å²) < 4.78 is 17.9. The van der Waals surface area contributed by atoms with E-state index in [1.54, 1.807) is 12.0 Å². The molecule has 0 aliphatic carbocycles. The minimum absolute atomic E-state index is 0.00374. The highest BCUT2D eigenvalue weighted by Gasteiger charge is 2.46. The van der Waals surface area contributed by atoms with Crippen molar-refractivity contribution in [1.82, 2.24) is 0 Å². The van der Waals surface area contributed by atoms with Crippen LogP contribution in [-0.4, -0.2) is 50.6 Å². The van der Waals surface area contributed by atoms with E-state index in [9.17, 15) is 14.7 Å². The molecule has 0 fully saturated rings. The fraction of sp³-hybridized carbons (Fsp3) is 0.458. The predicted molar refractivity (Wildman–Crippen MR) is 124 cm³/mol. The SMILES string of the molecule is CO[C@@H]1c2cc(N3C(=O)COc4ccccc43)ccc2O[C@H](C(CCO)[Si](C)(C)O)[C@H]1C. The smallest absolute Gasteiger partial charge is 0.269 e. The van der Waals surface area contributed by atoms with Crippen LogP contribution in [0.25, 0.3) is 0 Å². The van der Waals surface area contributed by atoms with E-state index in [2.05, 4.69) is 0 Å². The lowest BCUT2D eigenvalue weighted by molar-refractivity contribution is -0.120. The van der Waals surface area contributed by atoms with Crippen molar-refractivity contribution in [2.45, 2.75) is 44.2 Å². The number of methoxy groups -OCH3 is 1. The maximum atomic E-state index is 12.8. The summed E-state index contributed by atoms with van der Waals surface area (Å²) in [6.45, 7) is 5.79. The molecule has 0 bridgehead atoms. The maximum Gasteiger partial charge on any atom is 0.269 e. The lowest BCUT2D eigenvalue weighted by Crippen LogP contribution is -2.48. The number of carbonyl (C=O) groups is 1. The number of rotatable bonds is 6. The summed E-state index contributed by atoms with van der Waals surface area (Å²) in [5.74, 6) is 1.15. The van der Waals surface area contributed by atoms with Crippen LogP contribution < -0.4 is 14.4 Å². The van der Waals surface area contributed by atoms with Crippen LogP contribution in [0.5, 0.6) is 11.5 Å². The largest absolute Gasteiger partial charge is 0.490 e. The third-order valence-corrected chi connectivity index (χ3v) is 8.95. The van der Waals surface area contributed by atoms with Gasteiger partial charge in [0, 0.05) is 36.4 Å². The zero-order valence-electron chi connectivity index (χ0n) is 18.9. The van der Waals surface area contributed by atoms with Gasteiger partial charge < -0.3 is 24.1 Å². The molecule has 2 heterocycles. The highest BCUT2D eigenvalue weighted by molar-refractivity contribution is 6.71. The van der Waals surface area contributed by atoms with Crippen molar-refractivity contribution >= 4 is 25.6 Å². The molecule has 0 aromatic heterocycles. The van der Waals surface area contributed by atoms with E-state index in [4.69, 9.17) is 14.2 Å². The molecule has 4 atom stereocenters. The third-order valence-electron chi connectivity index (χ3n) is 6.52.